The van der Waals surface area contributed by atoms with Gasteiger partial charge in [0.15, 0.2) is 15.5 Å². The third kappa shape index (κ3) is 5.12. The molecule has 0 amide bonds. The minimum atomic E-state index is -4.45. The molecule has 3 aromatic rings. The minimum Gasteiger partial charge on any atom is -0.372 e. The molecule has 3 rings (SSSR count). The van der Waals surface area contributed by atoms with Crippen LogP contribution in [0.5, 0.6) is 0 Å². The van der Waals surface area contributed by atoms with Crippen LogP contribution >= 0.6 is 15.9 Å². The van der Waals surface area contributed by atoms with Crippen LogP contribution in [0.25, 0.3) is 5.65 Å². The Bertz CT molecular complexity index is 1270. The molecule has 0 saturated carbocycles. The number of benzene rings is 1. The minimum absolute atomic E-state index is 0.0185. The Morgan fingerprint density at radius 2 is 2.00 bits per heavy atom. The smallest absolute Gasteiger partial charge is 0.372 e. The highest BCUT2D eigenvalue weighted by molar-refractivity contribution is 9.10. The lowest BCUT2D eigenvalue weighted by atomic mass is 10.2. The molecule has 0 saturated heterocycles. The van der Waals surface area contributed by atoms with Crippen LogP contribution in [0.2, 0.25) is 0 Å². The quantitative estimate of drug-likeness (QED) is 0.428. The standard InChI is InChI=1S/C19H14BrF4N3O2S/c1-30(28,29)12-6-7-15(14(21)10-12)25-8-2-5-16-17(11-19(22,23)24)27-9-3-4-13(20)18(27)26-16/h3-4,6-7,9-10,25H,8,11H2,1H3. The van der Waals surface area contributed by atoms with E-state index in [0.29, 0.717) is 10.1 Å². The predicted molar refractivity (Wildman–Crippen MR) is 108 cm³/mol. The monoisotopic (exact) mass is 503 g/mol. The largest absolute Gasteiger partial charge is 0.394 e. The van der Waals surface area contributed by atoms with Crippen molar-refractivity contribution in [1.29, 1.82) is 0 Å². The van der Waals surface area contributed by atoms with E-state index < -0.39 is 28.3 Å². The highest BCUT2D eigenvalue weighted by atomic mass is 79.9. The van der Waals surface area contributed by atoms with E-state index in [1.54, 1.807) is 12.1 Å². The molecular weight excluding hydrogens is 490 g/mol. The molecule has 2 aromatic heterocycles. The van der Waals surface area contributed by atoms with E-state index in [4.69, 9.17) is 0 Å². The lowest BCUT2D eigenvalue weighted by molar-refractivity contribution is -0.128. The molecule has 30 heavy (non-hydrogen) atoms. The van der Waals surface area contributed by atoms with Crippen molar-refractivity contribution in [3.8, 4) is 11.8 Å². The fraction of sp³-hybridized carbons (Fsp3) is 0.211. The fourth-order valence-electron chi connectivity index (χ4n) is 2.68. The number of pyridine rings is 1. The van der Waals surface area contributed by atoms with E-state index in [1.165, 1.54) is 22.7 Å². The Hall–Kier alpha value is -2.58. The van der Waals surface area contributed by atoms with Gasteiger partial charge in [-0.25, -0.2) is 17.8 Å². The third-order valence-corrected chi connectivity index (χ3v) is 5.74. The van der Waals surface area contributed by atoms with E-state index in [1.807, 2.05) is 0 Å². The van der Waals surface area contributed by atoms with Crippen molar-refractivity contribution in [1.82, 2.24) is 9.38 Å². The number of imidazole rings is 1. The third-order valence-electron chi connectivity index (χ3n) is 4.01. The molecule has 0 aliphatic rings. The molecule has 1 aromatic carbocycles. The van der Waals surface area contributed by atoms with Gasteiger partial charge in [-0.3, -0.25) is 0 Å². The molecule has 0 atom stereocenters. The average molecular weight is 504 g/mol. The van der Waals surface area contributed by atoms with Crippen molar-refractivity contribution in [2.75, 3.05) is 18.1 Å². The summed E-state index contributed by atoms with van der Waals surface area (Å²) in [4.78, 5) is 4.01. The molecule has 5 nitrogen and oxygen atoms in total. The van der Waals surface area contributed by atoms with E-state index >= 15 is 0 Å². The van der Waals surface area contributed by atoms with Gasteiger partial charge in [0.25, 0.3) is 0 Å². The number of hydrogen-bond donors (Lipinski definition) is 1. The summed E-state index contributed by atoms with van der Waals surface area (Å²) in [5.41, 5.74) is 0.185. The van der Waals surface area contributed by atoms with Crippen LogP contribution in [-0.4, -0.2) is 36.8 Å². The summed E-state index contributed by atoms with van der Waals surface area (Å²) in [6.07, 6.45) is -3.22. The predicted octanol–water partition coefficient (Wildman–Crippen LogP) is 4.21. The van der Waals surface area contributed by atoms with Crippen LogP contribution in [0.4, 0.5) is 23.2 Å². The van der Waals surface area contributed by atoms with Crippen LogP contribution in [0.1, 0.15) is 11.4 Å². The summed E-state index contributed by atoms with van der Waals surface area (Å²) in [6.45, 7) is -0.0877. The average Bonchev–Trinajstić information content (AvgIpc) is 2.96. The molecule has 0 aliphatic heterocycles. The summed E-state index contributed by atoms with van der Waals surface area (Å²) in [5, 5.41) is 2.67. The van der Waals surface area contributed by atoms with Crippen molar-refractivity contribution in [3.63, 3.8) is 0 Å². The van der Waals surface area contributed by atoms with E-state index in [-0.39, 0.29) is 28.5 Å². The number of sulfone groups is 1. The molecule has 0 unspecified atom stereocenters. The number of hydrogen-bond acceptors (Lipinski definition) is 4. The second kappa shape index (κ2) is 8.28. The van der Waals surface area contributed by atoms with Crippen molar-refractivity contribution in [3.05, 3.63) is 58.2 Å². The summed E-state index contributed by atoms with van der Waals surface area (Å²) >= 11 is 3.25. The van der Waals surface area contributed by atoms with E-state index in [9.17, 15) is 26.0 Å². The molecule has 0 bridgehead atoms. The number of anilines is 1. The highest BCUT2D eigenvalue weighted by Gasteiger charge is 2.31. The van der Waals surface area contributed by atoms with Gasteiger partial charge in [0.1, 0.15) is 11.5 Å². The Kier molecular flexibility index (Phi) is 6.10. The zero-order chi connectivity index (χ0) is 22.1. The Morgan fingerprint density at radius 3 is 2.63 bits per heavy atom. The molecule has 1 N–H and O–H groups in total. The van der Waals surface area contributed by atoms with Gasteiger partial charge >= 0.3 is 6.18 Å². The number of fused-ring (bicyclic) bond motifs is 1. The zero-order valence-corrected chi connectivity index (χ0v) is 17.8. The maximum absolute atomic E-state index is 14.0. The molecule has 0 radical (unpaired) electrons. The summed E-state index contributed by atoms with van der Waals surface area (Å²) in [5.74, 6) is 4.44. The Labute approximate surface area is 178 Å². The van der Waals surface area contributed by atoms with Gasteiger partial charge in [0, 0.05) is 12.5 Å². The number of halogens is 5. The molecule has 158 valence electrons. The number of nitrogens with one attached hydrogen (secondary N) is 1. The molecule has 2 heterocycles. The first-order chi connectivity index (χ1) is 14.0. The van der Waals surface area contributed by atoms with Gasteiger partial charge in [0.2, 0.25) is 0 Å². The first-order valence-electron chi connectivity index (χ1n) is 8.40. The van der Waals surface area contributed by atoms with Crippen molar-refractivity contribution in [2.45, 2.75) is 17.5 Å². The zero-order valence-electron chi connectivity index (χ0n) is 15.4. The Balaban J connectivity index is 1.84. The van der Waals surface area contributed by atoms with Gasteiger partial charge in [-0.1, -0.05) is 5.92 Å². The lowest BCUT2D eigenvalue weighted by Gasteiger charge is -2.07. The van der Waals surface area contributed by atoms with Crippen molar-refractivity contribution < 1.29 is 26.0 Å². The van der Waals surface area contributed by atoms with Crippen LogP contribution in [0.3, 0.4) is 0 Å². The molecular formula is C19H14BrF4N3O2S. The van der Waals surface area contributed by atoms with E-state index in [0.717, 1.165) is 12.3 Å². The van der Waals surface area contributed by atoms with Crippen LogP contribution in [0, 0.1) is 17.7 Å². The second-order valence-electron chi connectivity index (χ2n) is 6.32. The lowest BCUT2D eigenvalue weighted by Crippen LogP contribution is -2.14. The molecule has 0 fully saturated rings. The first kappa shape index (κ1) is 22.1. The second-order valence-corrected chi connectivity index (χ2v) is 9.19. The van der Waals surface area contributed by atoms with Crippen LogP contribution in [0.15, 0.2) is 45.9 Å². The first-order valence-corrected chi connectivity index (χ1v) is 11.1. The van der Waals surface area contributed by atoms with E-state index in [2.05, 4.69) is 38.1 Å². The highest BCUT2D eigenvalue weighted by Crippen LogP contribution is 2.26. The molecule has 11 heteroatoms. The maximum Gasteiger partial charge on any atom is 0.394 e. The summed E-state index contributed by atoms with van der Waals surface area (Å²) in [6, 6.07) is 6.62. The van der Waals surface area contributed by atoms with Gasteiger partial charge in [-0.15, -0.1) is 0 Å². The van der Waals surface area contributed by atoms with Gasteiger partial charge in [-0.2, -0.15) is 13.2 Å². The fourth-order valence-corrected chi connectivity index (χ4v) is 3.74. The normalized spacial score (nSPS) is 11.9. The van der Waals surface area contributed by atoms with Crippen LogP contribution in [-0.2, 0) is 16.3 Å². The number of rotatable bonds is 4. The maximum atomic E-state index is 14.0. The summed E-state index contributed by atoms with van der Waals surface area (Å²) in [7, 11) is -3.54. The van der Waals surface area contributed by atoms with Gasteiger partial charge in [0.05, 0.1) is 33.7 Å². The van der Waals surface area contributed by atoms with Gasteiger partial charge < -0.3 is 9.72 Å². The topological polar surface area (TPSA) is 63.5 Å². The molecule has 0 spiro atoms. The van der Waals surface area contributed by atoms with Crippen molar-refractivity contribution in [2.24, 2.45) is 0 Å². The summed E-state index contributed by atoms with van der Waals surface area (Å²) < 4.78 is 77.8. The number of nitrogens with zero attached hydrogens (tertiary/aromatic N) is 2. The van der Waals surface area contributed by atoms with Gasteiger partial charge in [-0.05, 0) is 52.2 Å². The number of aromatic nitrogens is 2. The van der Waals surface area contributed by atoms with Crippen LogP contribution < -0.4 is 5.32 Å². The number of alkyl halides is 3. The molecule has 0 aliphatic carbocycles. The Morgan fingerprint density at radius 1 is 1.27 bits per heavy atom. The SMILES string of the molecule is CS(=O)(=O)c1ccc(NCC#Cc2nc3c(Br)cccn3c2CC(F)(F)F)c(F)c1. The van der Waals surface area contributed by atoms with Crippen molar-refractivity contribution >= 4 is 37.1 Å².